The predicted octanol–water partition coefficient (Wildman–Crippen LogP) is 4.33. The highest BCUT2D eigenvalue weighted by atomic mass is 16.5. The zero-order valence-electron chi connectivity index (χ0n) is 19.4. The Hall–Kier alpha value is -2.53. The van der Waals surface area contributed by atoms with Crippen molar-refractivity contribution in [1.82, 2.24) is 15.5 Å². The number of hydrogen-bond donors (Lipinski definition) is 2. The van der Waals surface area contributed by atoms with E-state index in [-0.39, 0.29) is 24.2 Å². The Bertz CT molecular complexity index is 810. The number of amides is 2. The zero-order chi connectivity index (χ0) is 22.2. The number of nitrogens with zero attached hydrogens (tertiary/aromatic N) is 1. The molecule has 1 aliphatic rings. The number of carbonyl (C=O) groups is 1. The van der Waals surface area contributed by atoms with Crippen molar-refractivity contribution in [2.75, 3.05) is 20.1 Å². The van der Waals surface area contributed by atoms with Crippen molar-refractivity contribution in [3.05, 3.63) is 65.2 Å². The van der Waals surface area contributed by atoms with Gasteiger partial charge >= 0.3 is 6.03 Å². The van der Waals surface area contributed by atoms with Crippen LogP contribution >= 0.6 is 0 Å². The van der Waals surface area contributed by atoms with Crippen LogP contribution in [0.4, 0.5) is 4.79 Å². The van der Waals surface area contributed by atoms with E-state index in [0.29, 0.717) is 0 Å². The molecule has 1 saturated heterocycles. The van der Waals surface area contributed by atoms with Crippen molar-refractivity contribution < 1.29 is 9.53 Å². The van der Waals surface area contributed by atoms with Crippen molar-refractivity contribution >= 4 is 6.03 Å². The molecular weight excluding hydrogens is 386 g/mol. The molecule has 0 aromatic heterocycles. The van der Waals surface area contributed by atoms with Crippen LogP contribution in [0.3, 0.4) is 0 Å². The molecule has 0 saturated carbocycles. The fraction of sp³-hybridized carbons (Fsp3) is 0.500. The molecule has 1 heterocycles. The normalized spacial score (nSPS) is 16.2. The molecule has 0 aliphatic carbocycles. The molecule has 5 nitrogen and oxygen atoms in total. The number of aryl methyl sites for hydroxylation is 1. The summed E-state index contributed by atoms with van der Waals surface area (Å²) < 4.78 is 5.75. The molecule has 1 atom stereocenters. The molecule has 1 unspecified atom stereocenters. The van der Waals surface area contributed by atoms with Crippen molar-refractivity contribution in [1.29, 1.82) is 0 Å². The lowest BCUT2D eigenvalue weighted by Crippen LogP contribution is -2.50. The summed E-state index contributed by atoms with van der Waals surface area (Å²) in [6.07, 6.45) is 3.74. The molecule has 2 amide bonds. The Labute approximate surface area is 187 Å². The molecule has 3 rings (SSSR count). The van der Waals surface area contributed by atoms with Crippen LogP contribution in [-0.4, -0.2) is 49.3 Å². The lowest BCUT2D eigenvalue weighted by atomic mass is 9.98. The highest BCUT2D eigenvalue weighted by Crippen LogP contribution is 2.17. The number of likely N-dealkylation sites (tertiary alicyclic amines) is 1. The van der Waals surface area contributed by atoms with Crippen LogP contribution in [0.25, 0.3) is 0 Å². The van der Waals surface area contributed by atoms with Gasteiger partial charge in [-0.1, -0.05) is 42.0 Å². The topological polar surface area (TPSA) is 53.6 Å². The predicted molar refractivity (Wildman–Crippen MR) is 127 cm³/mol. The molecule has 2 N–H and O–H groups in total. The van der Waals surface area contributed by atoms with Gasteiger partial charge in [0.25, 0.3) is 0 Å². The van der Waals surface area contributed by atoms with Gasteiger partial charge in [-0.05, 0) is 89.9 Å². The van der Waals surface area contributed by atoms with Gasteiger partial charge in [0, 0.05) is 12.1 Å². The Morgan fingerprint density at radius 1 is 1.00 bits per heavy atom. The van der Waals surface area contributed by atoms with Gasteiger partial charge in [-0.3, -0.25) is 0 Å². The maximum absolute atomic E-state index is 12.8. The number of benzene rings is 2. The van der Waals surface area contributed by atoms with Crippen molar-refractivity contribution in [3.63, 3.8) is 0 Å². The highest BCUT2D eigenvalue weighted by Gasteiger charge is 2.20. The second-order valence-corrected chi connectivity index (χ2v) is 9.10. The van der Waals surface area contributed by atoms with E-state index >= 15 is 0 Å². The van der Waals surface area contributed by atoms with Crippen LogP contribution in [0.1, 0.15) is 43.4 Å². The summed E-state index contributed by atoms with van der Waals surface area (Å²) in [5, 5.41) is 6.42. The van der Waals surface area contributed by atoms with Crippen LogP contribution in [0.15, 0.2) is 48.5 Å². The molecule has 0 bridgehead atoms. The van der Waals surface area contributed by atoms with E-state index in [1.165, 1.54) is 16.7 Å². The first-order valence-corrected chi connectivity index (χ1v) is 11.4. The van der Waals surface area contributed by atoms with Gasteiger partial charge in [-0.2, -0.15) is 0 Å². The SMILES string of the molecule is Cc1ccc(CC(Cc2ccc(OC(C)C)cc2)NC(=O)NC2CCN(C)CC2)cc1. The molecular formula is C26H37N3O2. The minimum Gasteiger partial charge on any atom is -0.491 e. The Morgan fingerprint density at radius 2 is 1.55 bits per heavy atom. The lowest BCUT2D eigenvalue weighted by Gasteiger charge is -2.30. The van der Waals surface area contributed by atoms with Gasteiger partial charge in [0.15, 0.2) is 0 Å². The van der Waals surface area contributed by atoms with Crippen LogP contribution in [0.5, 0.6) is 5.75 Å². The molecule has 1 aliphatic heterocycles. The van der Waals surface area contributed by atoms with Crippen LogP contribution in [0, 0.1) is 6.92 Å². The summed E-state index contributed by atoms with van der Waals surface area (Å²) >= 11 is 0. The number of hydrogen-bond acceptors (Lipinski definition) is 3. The third-order valence-electron chi connectivity index (χ3n) is 5.77. The molecule has 1 fully saturated rings. The van der Waals surface area contributed by atoms with E-state index in [9.17, 15) is 4.79 Å². The average molecular weight is 424 g/mol. The van der Waals surface area contributed by atoms with E-state index < -0.39 is 0 Å². The minimum absolute atomic E-state index is 0.0193. The summed E-state index contributed by atoms with van der Waals surface area (Å²) in [6, 6.07) is 17.0. The lowest BCUT2D eigenvalue weighted by molar-refractivity contribution is 0.211. The van der Waals surface area contributed by atoms with Crippen molar-refractivity contribution in [3.8, 4) is 5.75 Å². The number of ether oxygens (including phenoxy) is 1. The molecule has 168 valence electrons. The average Bonchev–Trinajstić information content (AvgIpc) is 2.72. The molecule has 2 aromatic rings. The number of piperidine rings is 1. The van der Waals surface area contributed by atoms with E-state index in [1.807, 2.05) is 26.0 Å². The van der Waals surface area contributed by atoms with E-state index in [4.69, 9.17) is 4.74 Å². The molecule has 0 radical (unpaired) electrons. The standard InChI is InChI=1S/C26H37N3O2/c1-19(2)31-25-11-9-22(10-12-25)18-24(17-21-7-5-20(3)6-8-21)28-26(30)27-23-13-15-29(4)16-14-23/h5-12,19,23-24H,13-18H2,1-4H3,(H2,27,28,30). The van der Waals surface area contributed by atoms with Crippen LogP contribution in [0.2, 0.25) is 0 Å². The van der Waals surface area contributed by atoms with Gasteiger partial charge in [0.1, 0.15) is 5.75 Å². The first-order valence-electron chi connectivity index (χ1n) is 11.4. The second kappa shape index (κ2) is 11.2. The fourth-order valence-corrected chi connectivity index (χ4v) is 4.01. The fourth-order valence-electron chi connectivity index (χ4n) is 4.01. The first-order chi connectivity index (χ1) is 14.9. The quantitative estimate of drug-likeness (QED) is 0.664. The third-order valence-corrected chi connectivity index (χ3v) is 5.77. The third kappa shape index (κ3) is 7.91. The number of carbonyl (C=O) groups excluding carboxylic acids is 1. The minimum atomic E-state index is -0.0635. The Balaban J connectivity index is 1.63. The van der Waals surface area contributed by atoms with Crippen molar-refractivity contribution in [2.45, 2.75) is 64.6 Å². The number of rotatable bonds is 8. The zero-order valence-corrected chi connectivity index (χ0v) is 19.4. The largest absolute Gasteiger partial charge is 0.491 e. The number of nitrogens with one attached hydrogen (secondary N) is 2. The van der Waals surface area contributed by atoms with E-state index in [1.54, 1.807) is 0 Å². The monoisotopic (exact) mass is 423 g/mol. The van der Waals surface area contributed by atoms with Gasteiger partial charge < -0.3 is 20.3 Å². The highest BCUT2D eigenvalue weighted by molar-refractivity contribution is 5.74. The Morgan fingerprint density at radius 3 is 2.10 bits per heavy atom. The molecule has 0 spiro atoms. The molecule has 31 heavy (non-hydrogen) atoms. The summed E-state index contributed by atoms with van der Waals surface area (Å²) in [4.78, 5) is 15.1. The van der Waals surface area contributed by atoms with Gasteiger partial charge in [-0.25, -0.2) is 4.79 Å². The summed E-state index contributed by atoms with van der Waals surface area (Å²) in [5.74, 6) is 0.877. The maximum atomic E-state index is 12.8. The Kier molecular flexibility index (Phi) is 8.35. The van der Waals surface area contributed by atoms with Crippen LogP contribution in [-0.2, 0) is 12.8 Å². The van der Waals surface area contributed by atoms with Gasteiger partial charge in [-0.15, -0.1) is 0 Å². The smallest absolute Gasteiger partial charge is 0.315 e. The molecule has 5 heteroatoms. The van der Waals surface area contributed by atoms with Gasteiger partial charge in [0.05, 0.1) is 6.10 Å². The van der Waals surface area contributed by atoms with E-state index in [0.717, 1.165) is 44.5 Å². The molecule has 2 aromatic carbocycles. The van der Waals surface area contributed by atoms with E-state index in [2.05, 4.69) is 65.9 Å². The second-order valence-electron chi connectivity index (χ2n) is 9.10. The first kappa shape index (κ1) is 23.1. The van der Waals surface area contributed by atoms with Gasteiger partial charge in [0.2, 0.25) is 0 Å². The summed E-state index contributed by atoms with van der Waals surface area (Å²) in [7, 11) is 2.13. The van der Waals surface area contributed by atoms with Crippen LogP contribution < -0.4 is 15.4 Å². The number of urea groups is 1. The van der Waals surface area contributed by atoms with Crippen molar-refractivity contribution in [2.24, 2.45) is 0 Å². The maximum Gasteiger partial charge on any atom is 0.315 e. The summed E-state index contributed by atoms with van der Waals surface area (Å²) in [5.41, 5.74) is 3.66. The summed E-state index contributed by atoms with van der Waals surface area (Å²) in [6.45, 7) is 8.21.